The van der Waals surface area contributed by atoms with Crippen molar-refractivity contribution in [2.24, 2.45) is 0 Å². The van der Waals surface area contributed by atoms with Gasteiger partial charge >= 0.3 is 0 Å². The average Bonchev–Trinajstić information content (AvgIpc) is 2.26. The standard InChI is InChI=1S/C11H9Cl2NO2/c1-5-9(13)11(15)7-3-6(12)4-8(16-2)10(7)14-5/h3-4H,1-2H3,(H,14,15). The first-order valence-electron chi connectivity index (χ1n) is 4.60. The molecule has 3 nitrogen and oxygen atoms in total. The number of pyridine rings is 1. The second kappa shape index (κ2) is 4.00. The van der Waals surface area contributed by atoms with Gasteiger partial charge in [0.25, 0.3) is 0 Å². The van der Waals surface area contributed by atoms with E-state index >= 15 is 0 Å². The van der Waals surface area contributed by atoms with Gasteiger partial charge < -0.3 is 9.72 Å². The molecule has 0 aliphatic carbocycles. The molecular formula is C11H9Cl2NO2. The van der Waals surface area contributed by atoms with Crippen LogP contribution in [0.3, 0.4) is 0 Å². The normalized spacial score (nSPS) is 10.8. The number of aryl methyl sites for hydroxylation is 1. The number of hydrogen-bond donors (Lipinski definition) is 1. The van der Waals surface area contributed by atoms with Gasteiger partial charge in [-0.1, -0.05) is 23.2 Å². The number of nitrogens with one attached hydrogen (secondary N) is 1. The molecule has 2 aromatic rings. The summed E-state index contributed by atoms with van der Waals surface area (Å²) in [5.74, 6) is 0.527. The average molecular weight is 258 g/mol. The number of rotatable bonds is 1. The Kier molecular flexibility index (Phi) is 2.82. The molecule has 1 aromatic carbocycles. The molecule has 0 saturated heterocycles. The molecule has 0 saturated carbocycles. The Labute approximate surface area is 102 Å². The fourth-order valence-corrected chi connectivity index (χ4v) is 1.94. The summed E-state index contributed by atoms with van der Waals surface area (Å²) >= 11 is 11.8. The van der Waals surface area contributed by atoms with Crippen LogP contribution in [-0.2, 0) is 0 Å². The number of aromatic amines is 1. The van der Waals surface area contributed by atoms with Gasteiger partial charge in [-0.3, -0.25) is 4.79 Å². The minimum Gasteiger partial charge on any atom is -0.494 e. The molecule has 1 N–H and O–H groups in total. The Morgan fingerprint density at radius 3 is 2.62 bits per heavy atom. The number of H-pyrrole nitrogens is 1. The van der Waals surface area contributed by atoms with E-state index in [4.69, 9.17) is 27.9 Å². The second-order valence-electron chi connectivity index (χ2n) is 3.42. The first-order valence-corrected chi connectivity index (χ1v) is 5.36. The van der Waals surface area contributed by atoms with Gasteiger partial charge in [-0.25, -0.2) is 0 Å². The first-order chi connectivity index (χ1) is 7.54. The second-order valence-corrected chi connectivity index (χ2v) is 4.24. The Balaban J connectivity index is 3.01. The fraction of sp³-hybridized carbons (Fsp3) is 0.182. The van der Waals surface area contributed by atoms with Crippen LogP contribution in [0, 0.1) is 6.92 Å². The van der Waals surface area contributed by atoms with Gasteiger partial charge in [-0.05, 0) is 13.0 Å². The topological polar surface area (TPSA) is 42.1 Å². The highest BCUT2D eigenvalue weighted by molar-refractivity contribution is 6.33. The quantitative estimate of drug-likeness (QED) is 0.853. The van der Waals surface area contributed by atoms with Crippen molar-refractivity contribution in [3.63, 3.8) is 0 Å². The predicted molar refractivity (Wildman–Crippen MR) is 65.9 cm³/mol. The summed E-state index contributed by atoms with van der Waals surface area (Å²) < 4.78 is 5.16. The van der Waals surface area contributed by atoms with E-state index < -0.39 is 0 Å². The molecule has 2 rings (SSSR count). The third-order valence-corrected chi connectivity index (χ3v) is 3.05. The molecule has 0 aliphatic heterocycles. The van der Waals surface area contributed by atoms with Crippen LogP contribution in [0.1, 0.15) is 5.69 Å². The molecule has 0 amide bonds. The highest BCUT2D eigenvalue weighted by atomic mass is 35.5. The summed E-state index contributed by atoms with van der Waals surface area (Å²) in [4.78, 5) is 14.9. The van der Waals surface area contributed by atoms with Crippen molar-refractivity contribution in [1.29, 1.82) is 0 Å². The summed E-state index contributed by atoms with van der Waals surface area (Å²) in [5, 5.41) is 1.05. The lowest BCUT2D eigenvalue weighted by Crippen LogP contribution is -2.07. The lowest BCUT2D eigenvalue weighted by atomic mass is 10.2. The van der Waals surface area contributed by atoms with Gasteiger partial charge in [0.15, 0.2) is 0 Å². The van der Waals surface area contributed by atoms with Crippen LogP contribution in [0.5, 0.6) is 5.75 Å². The SMILES string of the molecule is COc1cc(Cl)cc2c(=O)c(Cl)c(C)[nH]c12. The van der Waals surface area contributed by atoms with E-state index in [2.05, 4.69) is 4.98 Å². The number of aromatic nitrogens is 1. The highest BCUT2D eigenvalue weighted by Crippen LogP contribution is 2.28. The maximum Gasteiger partial charge on any atom is 0.208 e. The molecule has 16 heavy (non-hydrogen) atoms. The van der Waals surface area contributed by atoms with Crippen molar-refractivity contribution in [3.05, 3.63) is 38.1 Å². The number of ether oxygens (including phenoxy) is 1. The smallest absolute Gasteiger partial charge is 0.208 e. The van der Waals surface area contributed by atoms with Crippen molar-refractivity contribution in [2.75, 3.05) is 7.11 Å². The van der Waals surface area contributed by atoms with Gasteiger partial charge in [-0.15, -0.1) is 0 Å². The maximum atomic E-state index is 11.9. The van der Waals surface area contributed by atoms with Gasteiger partial charge in [0.1, 0.15) is 10.8 Å². The third kappa shape index (κ3) is 1.66. The van der Waals surface area contributed by atoms with E-state index in [1.54, 1.807) is 19.1 Å². The first kappa shape index (κ1) is 11.3. The monoisotopic (exact) mass is 257 g/mol. The molecule has 0 aliphatic rings. The molecule has 5 heteroatoms. The number of fused-ring (bicyclic) bond motifs is 1. The largest absolute Gasteiger partial charge is 0.494 e. The summed E-state index contributed by atoms with van der Waals surface area (Å²) in [6, 6.07) is 3.22. The molecule has 0 unspecified atom stereocenters. The highest BCUT2D eigenvalue weighted by Gasteiger charge is 2.11. The zero-order chi connectivity index (χ0) is 11.9. The Morgan fingerprint density at radius 1 is 1.31 bits per heavy atom. The summed E-state index contributed by atoms with van der Waals surface area (Å²) in [7, 11) is 1.52. The number of methoxy groups -OCH3 is 1. The number of hydrogen-bond acceptors (Lipinski definition) is 2. The van der Waals surface area contributed by atoms with Crippen molar-refractivity contribution in [3.8, 4) is 5.75 Å². The van der Waals surface area contributed by atoms with Crippen molar-refractivity contribution >= 4 is 34.1 Å². The van der Waals surface area contributed by atoms with E-state index in [0.29, 0.717) is 27.4 Å². The predicted octanol–water partition coefficient (Wildman–Crippen LogP) is 3.15. The minimum absolute atomic E-state index is 0.178. The number of halogens is 2. The van der Waals surface area contributed by atoms with Crippen LogP contribution in [0.25, 0.3) is 10.9 Å². The van der Waals surface area contributed by atoms with Crippen LogP contribution in [0.4, 0.5) is 0 Å². The summed E-state index contributed by atoms with van der Waals surface area (Å²) in [6.07, 6.45) is 0. The van der Waals surface area contributed by atoms with E-state index in [9.17, 15) is 4.79 Å². The molecule has 0 radical (unpaired) electrons. The van der Waals surface area contributed by atoms with E-state index in [0.717, 1.165) is 0 Å². The van der Waals surface area contributed by atoms with Gasteiger partial charge in [0.05, 0.1) is 18.0 Å². The van der Waals surface area contributed by atoms with Crippen LogP contribution < -0.4 is 10.2 Å². The molecule has 0 fully saturated rings. The fourth-order valence-electron chi connectivity index (χ4n) is 1.58. The van der Waals surface area contributed by atoms with Crippen molar-refractivity contribution in [1.82, 2.24) is 4.98 Å². The zero-order valence-corrected chi connectivity index (χ0v) is 10.2. The summed E-state index contributed by atoms with van der Waals surface area (Å²) in [5.41, 5.74) is 0.979. The lowest BCUT2D eigenvalue weighted by Gasteiger charge is -2.08. The van der Waals surface area contributed by atoms with Gasteiger partial charge in [0, 0.05) is 16.8 Å². The maximum absolute atomic E-state index is 11.9. The molecular weight excluding hydrogens is 249 g/mol. The van der Waals surface area contributed by atoms with E-state index in [1.807, 2.05) is 0 Å². The van der Waals surface area contributed by atoms with Crippen molar-refractivity contribution in [2.45, 2.75) is 6.92 Å². The van der Waals surface area contributed by atoms with Crippen LogP contribution in [0.2, 0.25) is 10.0 Å². The lowest BCUT2D eigenvalue weighted by molar-refractivity contribution is 0.419. The van der Waals surface area contributed by atoms with Crippen LogP contribution >= 0.6 is 23.2 Å². The van der Waals surface area contributed by atoms with Crippen molar-refractivity contribution < 1.29 is 4.74 Å². The molecule has 0 spiro atoms. The van der Waals surface area contributed by atoms with Crippen LogP contribution in [-0.4, -0.2) is 12.1 Å². The molecule has 84 valence electrons. The zero-order valence-electron chi connectivity index (χ0n) is 8.73. The Hall–Kier alpha value is -1.19. The molecule has 1 aromatic heterocycles. The third-order valence-electron chi connectivity index (χ3n) is 2.37. The van der Waals surface area contributed by atoms with Crippen LogP contribution in [0.15, 0.2) is 16.9 Å². The van der Waals surface area contributed by atoms with E-state index in [1.165, 1.54) is 7.11 Å². The van der Waals surface area contributed by atoms with E-state index in [-0.39, 0.29) is 10.5 Å². The molecule has 0 atom stereocenters. The van der Waals surface area contributed by atoms with Gasteiger partial charge in [0.2, 0.25) is 5.43 Å². The molecule has 0 bridgehead atoms. The Morgan fingerprint density at radius 2 is 2.00 bits per heavy atom. The minimum atomic E-state index is -0.242. The molecule has 1 heterocycles. The Bertz CT molecular complexity index is 619. The van der Waals surface area contributed by atoms with Gasteiger partial charge in [-0.2, -0.15) is 0 Å². The number of benzene rings is 1. The summed E-state index contributed by atoms with van der Waals surface area (Å²) in [6.45, 7) is 1.73.